The summed E-state index contributed by atoms with van der Waals surface area (Å²) in [4.78, 5) is 9.44. The lowest BCUT2D eigenvalue weighted by molar-refractivity contribution is -0.114. The monoisotopic (exact) mass is 194 g/mol. The standard InChI is InChI=1S/C4H8O.C3H6O.C2H6O.H2O/c1-2-4-5-3-1;1-3(2)4;1-2-3;/h1-4H2;1-2H3;3H,2H2,1H3;1H2. The highest BCUT2D eigenvalue weighted by molar-refractivity contribution is 5.72. The molecule has 4 nitrogen and oxygen atoms in total. The number of hydrogen-bond acceptors (Lipinski definition) is 3. The Balaban J connectivity index is -0.000000116. The van der Waals surface area contributed by atoms with Gasteiger partial charge >= 0.3 is 0 Å². The third kappa shape index (κ3) is 50.9. The molecule has 0 saturated carbocycles. The Morgan fingerprint density at radius 2 is 1.54 bits per heavy atom. The quantitative estimate of drug-likeness (QED) is 0.612. The van der Waals surface area contributed by atoms with E-state index in [2.05, 4.69) is 0 Å². The number of hydrogen-bond donors (Lipinski definition) is 1. The van der Waals surface area contributed by atoms with Gasteiger partial charge in [-0.05, 0) is 33.6 Å². The molecule has 0 atom stereocenters. The molecule has 1 aliphatic rings. The van der Waals surface area contributed by atoms with Crippen molar-refractivity contribution in [2.45, 2.75) is 33.6 Å². The molecule has 82 valence electrons. The highest BCUT2D eigenvalue weighted by Gasteiger charge is 1.94. The van der Waals surface area contributed by atoms with Gasteiger partial charge in [-0.15, -0.1) is 0 Å². The van der Waals surface area contributed by atoms with E-state index < -0.39 is 0 Å². The lowest BCUT2D eigenvalue weighted by Gasteiger charge is -1.76. The molecule has 0 aromatic carbocycles. The zero-order valence-corrected chi connectivity index (χ0v) is 8.80. The van der Waals surface area contributed by atoms with E-state index in [9.17, 15) is 4.79 Å². The number of rotatable bonds is 0. The first-order chi connectivity index (χ1) is 5.65. The van der Waals surface area contributed by atoms with Crippen molar-refractivity contribution in [2.24, 2.45) is 0 Å². The summed E-state index contributed by atoms with van der Waals surface area (Å²) >= 11 is 0. The summed E-state index contributed by atoms with van der Waals surface area (Å²) in [6, 6.07) is 0. The Labute approximate surface area is 80.2 Å². The Hall–Kier alpha value is -0.450. The van der Waals surface area contributed by atoms with Crippen LogP contribution in [0.2, 0.25) is 0 Å². The van der Waals surface area contributed by atoms with Gasteiger partial charge < -0.3 is 20.1 Å². The third-order valence-corrected chi connectivity index (χ3v) is 0.827. The highest BCUT2D eigenvalue weighted by atomic mass is 16.5. The summed E-state index contributed by atoms with van der Waals surface area (Å²) in [5, 5.41) is 7.57. The molecule has 1 heterocycles. The fraction of sp³-hybridized carbons (Fsp3) is 0.889. The summed E-state index contributed by atoms with van der Waals surface area (Å²) in [5.41, 5.74) is 0. The second kappa shape index (κ2) is 17.6. The Bertz CT molecular complexity index is 78.0. The number of ether oxygens (including phenoxy) is 1. The minimum Gasteiger partial charge on any atom is -0.412 e. The van der Waals surface area contributed by atoms with Crippen LogP contribution in [-0.4, -0.2) is 36.2 Å². The number of carbonyl (C=O) groups is 1. The predicted molar refractivity (Wildman–Crippen MR) is 52.8 cm³/mol. The molecule has 1 fully saturated rings. The maximum atomic E-state index is 9.44. The maximum absolute atomic E-state index is 9.44. The van der Waals surface area contributed by atoms with Gasteiger partial charge in [-0.2, -0.15) is 0 Å². The van der Waals surface area contributed by atoms with E-state index in [-0.39, 0.29) is 17.9 Å². The molecule has 1 saturated heterocycles. The molecule has 1 aliphatic heterocycles. The van der Waals surface area contributed by atoms with E-state index >= 15 is 0 Å². The van der Waals surface area contributed by atoms with Crippen LogP contribution in [0.4, 0.5) is 0 Å². The van der Waals surface area contributed by atoms with Crippen LogP contribution in [0.3, 0.4) is 0 Å². The first-order valence-electron chi connectivity index (χ1n) is 4.30. The van der Waals surface area contributed by atoms with Crippen molar-refractivity contribution in [1.29, 1.82) is 0 Å². The second-order valence-corrected chi connectivity index (χ2v) is 2.54. The number of aliphatic hydroxyl groups is 1. The van der Waals surface area contributed by atoms with Crippen molar-refractivity contribution in [3.8, 4) is 0 Å². The smallest absolute Gasteiger partial charge is 0.126 e. The molecule has 0 unspecified atom stereocenters. The first kappa shape index (κ1) is 18.4. The van der Waals surface area contributed by atoms with Crippen LogP contribution in [-0.2, 0) is 9.53 Å². The molecular formula is C9H22O4. The summed E-state index contributed by atoms with van der Waals surface area (Å²) < 4.78 is 4.94. The van der Waals surface area contributed by atoms with Crippen molar-refractivity contribution in [3.05, 3.63) is 0 Å². The van der Waals surface area contributed by atoms with Crippen molar-refractivity contribution in [3.63, 3.8) is 0 Å². The lowest BCUT2D eigenvalue weighted by Crippen LogP contribution is -1.74. The van der Waals surface area contributed by atoms with Gasteiger partial charge in [-0.1, -0.05) is 0 Å². The van der Waals surface area contributed by atoms with Gasteiger partial charge in [-0.25, -0.2) is 0 Å². The normalized spacial score (nSPS) is 12.6. The number of ketones is 1. The molecule has 13 heavy (non-hydrogen) atoms. The average molecular weight is 194 g/mol. The van der Waals surface area contributed by atoms with Crippen molar-refractivity contribution in [1.82, 2.24) is 0 Å². The van der Waals surface area contributed by atoms with Crippen molar-refractivity contribution < 1.29 is 20.1 Å². The van der Waals surface area contributed by atoms with Gasteiger partial charge in [0.15, 0.2) is 0 Å². The van der Waals surface area contributed by atoms with Crippen LogP contribution < -0.4 is 0 Å². The van der Waals surface area contributed by atoms with Crippen LogP contribution in [0.15, 0.2) is 0 Å². The van der Waals surface area contributed by atoms with Gasteiger partial charge in [0.2, 0.25) is 0 Å². The van der Waals surface area contributed by atoms with E-state index in [0.717, 1.165) is 13.2 Å². The molecule has 1 rings (SSSR count). The van der Waals surface area contributed by atoms with Crippen LogP contribution in [0.25, 0.3) is 0 Å². The molecule has 0 aliphatic carbocycles. The molecule has 0 aromatic heterocycles. The van der Waals surface area contributed by atoms with E-state index in [1.807, 2.05) is 0 Å². The topological polar surface area (TPSA) is 78.0 Å². The van der Waals surface area contributed by atoms with Crippen molar-refractivity contribution in [2.75, 3.05) is 19.8 Å². The molecule has 0 radical (unpaired) electrons. The second-order valence-electron chi connectivity index (χ2n) is 2.54. The summed E-state index contributed by atoms with van der Waals surface area (Å²) in [6.07, 6.45) is 2.56. The molecule has 0 bridgehead atoms. The Kier molecular flexibility index (Phi) is 24.8. The van der Waals surface area contributed by atoms with E-state index in [0.29, 0.717) is 0 Å². The van der Waals surface area contributed by atoms with Gasteiger partial charge in [0, 0.05) is 19.8 Å². The first-order valence-corrected chi connectivity index (χ1v) is 4.30. The Morgan fingerprint density at radius 3 is 1.62 bits per heavy atom. The fourth-order valence-corrected chi connectivity index (χ4v) is 0.510. The summed E-state index contributed by atoms with van der Waals surface area (Å²) in [6.45, 7) is 6.99. The van der Waals surface area contributed by atoms with Gasteiger partial charge in [0.1, 0.15) is 5.78 Å². The van der Waals surface area contributed by atoms with Crippen molar-refractivity contribution >= 4 is 5.78 Å². The van der Waals surface area contributed by atoms with Gasteiger partial charge in [-0.3, -0.25) is 0 Å². The summed E-state index contributed by atoms with van der Waals surface area (Å²) in [5.74, 6) is 0.167. The van der Waals surface area contributed by atoms with Crippen LogP contribution in [0.1, 0.15) is 33.6 Å². The van der Waals surface area contributed by atoms with Crippen LogP contribution in [0, 0.1) is 0 Å². The van der Waals surface area contributed by atoms with Gasteiger partial charge in [0.25, 0.3) is 0 Å². The van der Waals surface area contributed by atoms with E-state index in [1.165, 1.54) is 26.7 Å². The molecule has 3 N–H and O–H groups in total. The number of carbonyl (C=O) groups excluding carboxylic acids is 1. The molecular weight excluding hydrogens is 172 g/mol. The lowest BCUT2D eigenvalue weighted by atomic mass is 10.4. The van der Waals surface area contributed by atoms with Gasteiger partial charge in [0.05, 0.1) is 0 Å². The highest BCUT2D eigenvalue weighted by Crippen LogP contribution is 1.98. The molecule has 0 spiro atoms. The minimum absolute atomic E-state index is 0. The average Bonchev–Trinajstić information content (AvgIpc) is 2.40. The number of aliphatic hydroxyl groups excluding tert-OH is 1. The minimum atomic E-state index is 0. The molecule has 0 amide bonds. The predicted octanol–water partition coefficient (Wildman–Crippen LogP) is 0.566. The fourth-order valence-electron chi connectivity index (χ4n) is 0.510. The zero-order chi connectivity index (χ0) is 9.82. The zero-order valence-electron chi connectivity index (χ0n) is 8.80. The van der Waals surface area contributed by atoms with E-state index in [4.69, 9.17) is 9.84 Å². The SMILES string of the molecule is C1CCOC1.CC(C)=O.CCO.O. The van der Waals surface area contributed by atoms with E-state index in [1.54, 1.807) is 6.92 Å². The number of Topliss-reactive ketones (excluding diaryl/α,β-unsaturated/α-hetero) is 1. The third-order valence-electron chi connectivity index (χ3n) is 0.827. The molecule has 4 heteroatoms. The maximum Gasteiger partial charge on any atom is 0.126 e. The molecule has 0 aromatic rings. The Morgan fingerprint density at radius 1 is 1.31 bits per heavy atom. The summed E-state index contributed by atoms with van der Waals surface area (Å²) in [7, 11) is 0. The van der Waals surface area contributed by atoms with Crippen LogP contribution >= 0.6 is 0 Å². The van der Waals surface area contributed by atoms with Crippen LogP contribution in [0.5, 0.6) is 0 Å². The largest absolute Gasteiger partial charge is 0.412 e.